The molecule has 0 N–H and O–H groups in total. The van der Waals surface area contributed by atoms with E-state index in [1.54, 1.807) is 13.8 Å². The SMILES string of the molecule is CC.CC(=O)OC(COc1c(Br)ccc2nc(OC(C)C)cc(C(F)(F)F)c12)C(F)(F)F. The molecule has 0 spiro atoms. The molecule has 0 aliphatic heterocycles. The minimum atomic E-state index is -4.98. The van der Waals surface area contributed by atoms with Gasteiger partial charge in [-0.3, -0.25) is 4.79 Å². The Balaban J connectivity index is 0.00000249. The van der Waals surface area contributed by atoms with E-state index in [4.69, 9.17) is 9.47 Å². The zero-order valence-corrected chi connectivity index (χ0v) is 19.4. The molecule has 12 heteroatoms. The number of hydrogen-bond acceptors (Lipinski definition) is 5. The van der Waals surface area contributed by atoms with Gasteiger partial charge in [0.1, 0.15) is 12.4 Å². The van der Waals surface area contributed by atoms with E-state index in [9.17, 15) is 31.1 Å². The lowest BCUT2D eigenvalue weighted by Crippen LogP contribution is -2.38. The fourth-order valence-electron chi connectivity index (χ4n) is 2.47. The molecule has 1 unspecified atom stereocenters. The Morgan fingerprint density at radius 1 is 1.12 bits per heavy atom. The minimum Gasteiger partial charge on any atom is -0.487 e. The second-order valence-electron chi connectivity index (χ2n) is 6.39. The second kappa shape index (κ2) is 11.1. The van der Waals surface area contributed by atoms with Gasteiger partial charge in [0, 0.05) is 13.0 Å². The molecule has 0 saturated heterocycles. The molecular formula is C20H22BrF6NO4. The molecule has 0 saturated carbocycles. The predicted molar refractivity (Wildman–Crippen MR) is 109 cm³/mol. The van der Waals surface area contributed by atoms with Gasteiger partial charge in [-0.2, -0.15) is 26.3 Å². The van der Waals surface area contributed by atoms with Gasteiger partial charge >= 0.3 is 18.3 Å². The van der Waals surface area contributed by atoms with Crippen LogP contribution in [-0.4, -0.2) is 35.9 Å². The molecule has 5 nitrogen and oxygen atoms in total. The van der Waals surface area contributed by atoms with Crippen molar-refractivity contribution in [2.24, 2.45) is 0 Å². The lowest BCUT2D eigenvalue weighted by Gasteiger charge is -2.22. The van der Waals surface area contributed by atoms with E-state index in [2.05, 4.69) is 25.7 Å². The maximum atomic E-state index is 13.7. The number of nitrogens with zero attached hydrogens (tertiary/aromatic N) is 1. The first-order valence-corrected chi connectivity index (χ1v) is 10.2. The summed E-state index contributed by atoms with van der Waals surface area (Å²) in [5.41, 5.74) is -1.40. The number of esters is 1. The molecule has 1 aromatic carbocycles. The highest BCUT2D eigenvalue weighted by atomic mass is 79.9. The van der Waals surface area contributed by atoms with E-state index in [0.29, 0.717) is 6.07 Å². The minimum absolute atomic E-state index is 0.0384. The third-order valence-electron chi connectivity index (χ3n) is 3.57. The van der Waals surface area contributed by atoms with Crippen LogP contribution in [0.1, 0.15) is 40.2 Å². The number of alkyl halides is 6. The summed E-state index contributed by atoms with van der Waals surface area (Å²) in [5.74, 6) is -2.04. The van der Waals surface area contributed by atoms with Gasteiger partial charge in [0.2, 0.25) is 12.0 Å². The molecule has 2 rings (SSSR count). The normalized spacial score (nSPS) is 12.8. The zero-order chi connectivity index (χ0) is 24.9. The van der Waals surface area contributed by atoms with Crippen molar-refractivity contribution in [1.82, 2.24) is 4.98 Å². The third-order valence-corrected chi connectivity index (χ3v) is 4.19. The van der Waals surface area contributed by atoms with Crippen LogP contribution in [0, 0.1) is 0 Å². The van der Waals surface area contributed by atoms with Gasteiger partial charge in [-0.25, -0.2) is 4.98 Å². The Bertz CT molecular complexity index is 931. The van der Waals surface area contributed by atoms with Crippen molar-refractivity contribution < 1.29 is 45.3 Å². The summed E-state index contributed by atoms with van der Waals surface area (Å²) in [6.45, 7) is 6.72. The summed E-state index contributed by atoms with van der Waals surface area (Å²) in [6.07, 6.45) is -13.0. The molecule has 32 heavy (non-hydrogen) atoms. The molecule has 0 fully saturated rings. The Kier molecular flexibility index (Phi) is 9.61. The summed E-state index contributed by atoms with van der Waals surface area (Å²) in [6, 6.07) is 3.16. The highest BCUT2D eigenvalue weighted by Gasteiger charge is 2.43. The van der Waals surface area contributed by atoms with E-state index in [-0.39, 0.29) is 15.9 Å². The zero-order valence-electron chi connectivity index (χ0n) is 17.8. The number of ether oxygens (including phenoxy) is 3. The van der Waals surface area contributed by atoms with E-state index >= 15 is 0 Å². The van der Waals surface area contributed by atoms with E-state index < -0.39 is 53.8 Å². The highest BCUT2D eigenvalue weighted by Crippen LogP contribution is 2.43. The van der Waals surface area contributed by atoms with Gasteiger partial charge in [-0.05, 0) is 41.9 Å². The maximum absolute atomic E-state index is 13.7. The number of benzene rings is 1. The summed E-state index contributed by atoms with van der Waals surface area (Å²) in [7, 11) is 0. The van der Waals surface area contributed by atoms with Gasteiger partial charge < -0.3 is 14.2 Å². The van der Waals surface area contributed by atoms with Crippen molar-refractivity contribution in [3.8, 4) is 11.6 Å². The van der Waals surface area contributed by atoms with E-state index in [1.165, 1.54) is 12.1 Å². The number of halogens is 7. The molecule has 0 bridgehead atoms. The number of fused-ring (bicyclic) bond motifs is 1. The van der Waals surface area contributed by atoms with Crippen LogP contribution in [0.25, 0.3) is 10.9 Å². The Hall–Kier alpha value is -2.24. The van der Waals surface area contributed by atoms with Crippen molar-refractivity contribution >= 4 is 32.8 Å². The van der Waals surface area contributed by atoms with Crippen molar-refractivity contribution in [2.75, 3.05) is 6.61 Å². The summed E-state index contributed by atoms with van der Waals surface area (Å²) >= 11 is 2.99. The second-order valence-corrected chi connectivity index (χ2v) is 7.25. The lowest BCUT2D eigenvalue weighted by atomic mass is 10.1. The van der Waals surface area contributed by atoms with Crippen LogP contribution in [-0.2, 0) is 15.7 Å². The molecule has 2 aromatic rings. The summed E-state index contributed by atoms with van der Waals surface area (Å²) < 4.78 is 94.8. The Labute approximate surface area is 189 Å². The maximum Gasteiger partial charge on any atom is 0.428 e. The molecular weight excluding hydrogens is 512 g/mol. The number of hydrogen-bond donors (Lipinski definition) is 0. The number of carbonyl (C=O) groups excluding carboxylic acids is 1. The Morgan fingerprint density at radius 2 is 1.72 bits per heavy atom. The largest absolute Gasteiger partial charge is 0.487 e. The first kappa shape index (κ1) is 27.8. The monoisotopic (exact) mass is 533 g/mol. The molecule has 0 amide bonds. The van der Waals surface area contributed by atoms with Crippen LogP contribution in [0.4, 0.5) is 26.3 Å². The average Bonchev–Trinajstić information content (AvgIpc) is 2.65. The first-order chi connectivity index (χ1) is 14.7. The molecule has 1 atom stereocenters. The van der Waals surface area contributed by atoms with Gasteiger partial charge in [0.15, 0.2) is 0 Å². The number of pyridine rings is 1. The predicted octanol–water partition coefficient (Wildman–Crippen LogP) is 6.70. The summed E-state index contributed by atoms with van der Waals surface area (Å²) in [4.78, 5) is 14.9. The van der Waals surface area contributed by atoms with E-state index in [1.807, 2.05) is 13.8 Å². The van der Waals surface area contributed by atoms with Crippen LogP contribution < -0.4 is 9.47 Å². The topological polar surface area (TPSA) is 57.7 Å². The third kappa shape index (κ3) is 7.42. The Morgan fingerprint density at radius 3 is 2.19 bits per heavy atom. The molecule has 1 aromatic heterocycles. The molecule has 0 aliphatic carbocycles. The number of aromatic nitrogens is 1. The van der Waals surface area contributed by atoms with Gasteiger partial charge in [0.05, 0.1) is 27.0 Å². The molecule has 180 valence electrons. The number of carbonyl (C=O) groups is 1. The molecule has 1 heterocycles. The van der Waals surface area contributed by atoms with Crippen molar-refractivity contribution in [1.29, 1.82) is 0 Å². The summed E-state index contributed by atoms with van der Waals surface area (Å²) in [5, 5.41) is -0.559. The fourth-order valence-corrected chi connectivity index (χ4v) is 2.91. The van der Waals surface area contributed by atoms with Crippen LogP contribution in [0.2, 0.25) is 0 Å². The van der Waals surface area contributed by atoms with Gasteiger partial charge in [0.25, 0.3) is 0 Å². The fraction of sp³-hybridized carbons (Fsp3) is 0.500. The van der Waals surface area contributed by atoms with Crippen molar-refractivity contribution in [2.45, 2.75) is 59.2 Å². The lowest BCUT2D eigenvalue weighted by molar-refractivity contribution is -0.225. The number of rotatable bonds is 6. The van der Waals surface area contributed by atoms with E-state index in [0.717, 1.165) is 6.92 Å². The van der Waals surface area contributed by atoms with Crippen molar-refractivity contribution in [3.05, 3.63) is 28.2 Å². The average molecular weight is 534 g/mol. The standard InChI is InChI=1S/C18H16BrF6NO4.C2H6/c1-8(2)29-14-6-10(17(20,21)22)15-12(26-14)5-4-11(19)16(15)28-7-13(18(23,24)25)30-9(3)27;1-2/h4-6,8,13H,7H2,1-3H3;1-2H3. The quantitative estimate of drug-likeness (QED) is 0.305. The molecule has 0 aliphatic rings. The van der Waals surface area contributed by atoms with Crippen LogP contribution in [0.3, 0.4) is 0 Å². The smallest absolute Gasteiger partial charge is 0.428 e. The van der Waals surface area contributed by atoms with Crippen LogP contribution in [0.5, 0.6) is 11.6 Å². The van der Waals surface area contributed by atoms with Crippen LogP contribution >= 0.6 is 15.9 Å². The van der Waals surface area contributed by atoms with Crippen LogP contribution in [0.15, 0.2) is 22.7 Å². The highest BCUT2D eigenvalue weighted by molar-refractivity contribution is 9.10. The van der Waals surface area contributed by atoms with Crippen molar-refractivity contribution in [3.63, 3.8) is 0 Å². The van der Waals surface area contributed by atoms with Gasteiger partial charge in [-0.15, -0.1) is 0 Å². The van der Waals surface area contributed by atoms with Gasteiger partial charge in [-0.1, -0.05) is 13.8 Å². The first-order valence-electron chi connectivity index (χ1n) is 9.44. The molecule has 0 radical (unpaired) electrons.